The van der Waals surface area contributed by atoms with Gasteiger partial charge in [0, 0.05) is 25.7 Å². The van der Waals surface area contributed by atoms with Crippen LogP contribution in [0.4, 0.5) is 9.18 Å². The Bertz CT molecular complexity index is 504. The molecule has 2 amide bonds. The summed E-state index contributed by atoms with van der Waals surface area (Å²) >= 11 is 0. The van der Waals surface area contributed by atoms with Crippen LogP contribution in [0, 0.1) is 17.7 Å². The van der Waals surface area contributed by atoms with Crippen molar-refractivity contribution in [3.8, 4) is 0 Å². The maximum Gasteiger partial charge on any atom is 0.317 e. The van der Waals surface area contributed by atoms with Crippen molar-refractivity contribution in [3.05, 3.63) is 35.6 Å². The molecule has 0 unspecified atom stereocenters. The van der Waals surface area contributed by atoms with Crippen LogP contribution in [0.2, 0.25) is 0 Å². The van der Waals surface area contributed by atoms with Crippen LogP contribution in [0.3, 0.4) is 0 Å². The van der Waals surface area contributed by atoms with Crippen LogP contribution in [0.1, 0.15) is 32.3 Å². The summed E-state index contributed by atoms with van der Waals surface area (Å²) in [6, 6.07) is 6.36. The van der Waals surface area contributed by atoms with Gasteiger partial charge in [-0.2, -0.15) is 0 Å². The lowest BCUT2D eigenvalue weighted by Crippen LogP contribution is -2.50. The van der Waals surface area contributed by atoms with Gasteiger partial charge in [-0.05, 0) is 48.8 Å². The van der Waals surface area contributed by atoms with E-state index in [9.17, 15) is 14.3 Å². The van der Waals surface area contributed by atoms with E-state index in [1.54, 1.807) is 17.0 Å². The molecule has 0 bridgehead atoms. The summed E-state index contributed by atoms with van der Waals surface area (Å²) in [4.78, 5) is 14.3. The highest BCUT2D eigenvalue weighted by atomic mass is 19.1. The largest absolute Gasteiger partial charge is 0.396 e. The normalized spacial score (nSPS) is 19.7. The Labute approximate surface area is 137 Å². The summed E-state index contributed by atoms with van der Waals surface area (Å²) in [7, 11) is 0. The molecule has 0 spiro atoms. The first-order chi connectivity index (χ1) is 11.0. The minimum Gasteiger partial charge on any atom is -0.396 e. The topological polar surface area (TPSA) is 52.6 Å². The predicted molar refractivity (Wildman–Crippen MR) is 88.6 cm³/mol. The van der Waals surface area contributed by atoms with Gasteiger partial charge >= 0.3 is 6.03 Å². The number of aliphatic hydroxyl groups is 1. The number of urea groups is 1. The number of halogens is 1. The number of hydrogen-bond acceptors (Lipinski definition) is 2. The minimum atomic E-state index is -0.248. The third kappa shape index (κ3) is 5.20. The summed E-state index contributed by atoms with van der Waals surface area (Å²) in [5, 5.41) is 12.4. The van der Waals surface area contributed by atoms with Gasteiger partial charge < -0.3 is 15.3 Å². The molecule has 2 N–H and O–H groups in total. The highest BCUT2D eigenvalue weighted by Crippen LogP contribution is 2.17. The lowest BCUT2D eigenvalue weighted by Gasteiger charge is -2.34. The molecular formula is C18H27FN2O2. The van der Waals surface area contributed by atoms with Gasteiger partial charge in [0.15, 0.2) is 0 Å². The molecule has 0 radical (unpaired) electrons. The minimum absolute atomic E-state index is 0.00228. The molecular weight excluding hydrogens is 295 g/mol. The summed E-state index contributed by atoms with van der Waals surface area (Å²) < 4.78 is 13.0. The Kier molecular flexibility index (Phi) is 6.39. The standard InChI is InChI=1S/C18H27FN2O2/c1-13(2)17(10-14-5-7-16(19)8-6-14)20-18(23)21-9-3-4-15(11-21)12-22/h5-8,13,15,17,22H,3-4,9-12H2,1-2H3,(H,20,23)/t15-,17-/m1/s1. The number of carbonyl (C=O) groups is 1. The summed E-state index contributed by atoms with van der Waals surface area (Å²) in [6.07, 6.45) is 2.59. The average molecular weight is 322 g/mol. The molecule has 2 rings (SSSR count). The molecule has 0 saturated carbocycles. The second kappa shape index (κ2) is 8.29. The lowest BCUT2D eigenvalue weighted by atomic mass is 9.96. The summed E-state index contributed by atoms with van der Waals surface area (Å²) in [6.45, 7) is 5.63. The second-order valence-electron chi connectivity index (χ2n) is 6.77. The number of rotatable bonds is 5. The Morgan fingerprint density at radius 1 is 1.39 bits per heavy atom. The molecule has 1 aromatic carbocycles. The molecule has 2 atom stereocenters. The van der Waals surface area contributed by atoms with Crippen molar-refractivity contribution in [2.75, 3.05) is 19.7 Å². The molecule has 0 aromatic heterocycles. The van der Waals surface area contributed by atoms with Gasteiger partial charge in [0.05, 0.1) is 0 Å². The van der Waals surface area contributed by atoms with Gasteiger partial charge in [0.1, 0.15) is 5.82 Å². The molecule has 1 aliphatic heterocycles. The fourth-order valence-corrected chi connectivity index (χ4v) is 2.98. The lowest BCUT2D eigenvalue weighted by molar-refractivity contribution is 0.126. The molecule has 1 fully saturated rings. The first kappa shape index (κ1) is 17.7. The number of hydrogen-bond donors (Lipinski definition) is 2. The Morgan fingerprint density at radius 3 is 2.70 bits per heavy atom. The first-order valence-electron chi connectivity index (χ1n) is 8.40. The highest BCUT2D eigenvalue weighted by Gasteiger charge is 2.25. The third-order valence-corrected chi connectivity index (χ3v) is 4.55. The van der Waals surface area contributed by atoms with Gasteiger partial charge in [-0.1, -0.05) is 26.0 Å². The number of amides is 2. The van der Waals surface area contributed by atoms with Crippen LogP contribution in [0.15, 0.2) is 24.3 Å². The van der Waals surface area contributed by atoms with Crippen LogP contribution in [0.25, 0.3) is 0 Å². The maximum atomic E-state index is 13.0. The van der Waals surface area contributed by atoms with Crippen molar-refractivity contribution in [1.82, 2.24) is 10.2 Å². The Hall–Kier alpha value is -1.62. The molecule has 1 saturated heterocycles. The number of benzene rings is 1. The van der Waals surface area contributed by atoms with Crippen LogP contribution < -0.4 is 5.32 Å². The number of piperidine rings is 1. The van der Waals surface area contributed by atoms with E-state index in [2.05, 4.69) is 19.2 Å². The maximum absolute atomic E-state index is 13.0. The molecule has 1 aliphatic rings. The number of nitrogens with zero attached hydrogens (tertiary/aromatic N) is 1. The van der Waals surface area contributed by atoms with Crippen molar-refractivity contribution in [2.24, 2.45) is 11.8 Å². The summed E-state index contributed by atoms with van der Waals surface area (Å²) in [5.74, 6) is 0.216. The Morgan fingerprint density at radius 2 is 2.09 bits per heavy atom. The van der Waals surface area contributed by atoms with Crippen molar-refractivity contribution in [3.63, 3.8) is 0 Å². The number of likely N-dealkylation sites (tertiary alicyclic amines) is 1. The van der Waals surface area contributed by atoms with Crippen molar-refractivity contribution >= 4 is 6.03 Å². The number of carbonyl (C=O) groups excluding carboxylic acids is 1. The molecule has 1 aromatic rings. The van der Waals surface area contributed by atoms with E-state index in [4.69, 9.17) is 0 Å². The van der Waals surface area contributed by atoms with Crippen molar-refractivity contribution < 1.29 is 14.3 Å². The number of aliphatic hydroxyl groups excluding tert-OH is 1. The van der Waals surface area contributed by atoms with Gasteiger partial charge in [0.2, 0.25) is 0 Å². The van der Waals surface area contributed by atoms with Gasteiger partial charge in [-0.15, -0.1) is 0 Å². The predicted octanol–water partition coefficient (Wildman–Crippen LogP) is 2.81. The fraction of sp³-hybridized carbons (Fsp3) is 0.611. The number of nitrogens with one attached hydrogen (secondary N) is 1. The van der Waals surface area contributed by atoms with Gasteiger partial charge in [0.25, 0.3) is 0 Å². The monoisotopic (exact) mass is 322 g/mol. The highest BCUT2D eigenvalue weighted by molar-refractivity contribution is 5.74. The van der Waals surface area contributed by atoms with Crippen LogP contribution in [0.5, 0.6) is 0 Å². The zero-order valence-corrected chi connectivity index (χ0v) is 14.0. The zero-order chi connectivity index (χ0) is 16.8. The fourth-order valence-electron chi connectivity index (χ4n) is 2.98. The molecule has 4 nitrogen and oxygen atoms in total. The van der Waals surface area contributed by atoms with Gasteiger partial charge in [-0.25, -0.2) is 9.18 Å². The molecule has 23 heavy (non-hydrogen) atoms. The van der Waals surface area contributed by atoms with Gasteiger partial charge in [-0.3, -0.25) is 0 Å². The first-order valence-corrected chi connectivity index (χ1v) is 8.40. The quantitative estimate of drug-likeness (QED) is 0.876. The average Bonchev–Trinajstić information content (AvgIpc) is 2.56. The van der Waals surface area contributed by atoms with Crippen LogP contribution in [-0.2, 0) is 6.42 Å². The van der Waals surface area contributed by atoms with E-state index in [0.29, 0.717) is 13.0 Å². The van der Waals surface area contributed by atoms with Crippen molar-refractivity contribution in [1.29, 1.82) is 0 Å². The molecule has 1 heterocycles. The SMILES string of the molecule is CC(C)[C@@H](Cc1ccc(F)cc1)NC(=O)N1CCC[C@@H](CO)C1. The van der Waals surface area contributed by atoms with Crippen molar-refractivity contribution in [2.45, 2.75) is 39.2 Å². The van der Waals surface area contributed by atoms with E-state index in [0.717, 1.165) is 24.9 Å². The van der Waals surface area contributed by atoms with E-state index in [-0.39, 0.29) is 36.3 Å². The molecule has 0 aliphatic carbocycles. The van der Waals surface area contributed by atoms with E-state index < -0.39 is 0 Å². The Balaban J connectivity index is 1.95. The van der Waals surface area contributed by atoms with Crippen LogP contribution in [-0.4, -0.2) is 41.8 Å². The van der Waals surface area contributed by atoms with E-state index >= 15 is 0 Å². The van der Waals surface area contributed by atoms with E-state index in [1.165, 1.54) is 12.1 Å². The second-order valence-corrected chi connectivity index (χ2v) is 6.77. The molecule has 5 heteroatoms. The van der Waals surface area contributed by atoms with Crippen LogP contribution >= 0.6 is 0 Å². The zero-order valence-electron chi connectivity index (χ0n) is 14.0. The molecule has 128 valence electrons. The van der Waals surface area contributed by atoms with E-state index in [1.807, 2.05) is 0 Å². The third-order valence-electron chi connectivity index (χ3n) is 4.55. The smallest absolute Gasteiger partial charge is 0.317 e. The summed E-state index contributed by atoms with van der Waals surface area (Å²) in [5.41, 5.74) is 1.01.